The van der Waals surface area contributed by atoms with E-state index < -0.39 is 22.4 Å². The molecule has 48 heavy (non-hydrogen) atoms. The smallest absolute Gasteiger partial charge is 0.850 e. The van der Waals surface area contributed by atoms with Gasteiger partial charge in [-0.2, -0.15) is 0 Å². The van der Waals surface area contributed by atoms with E-state index in [0.29, 0.717) is 0 Å². The monoisotopic (exact) mass is 896 g/mol. The molecule has 0 amide bonds. The molecule has 0 spiro atoms. The molecule has 4 aliphatic heterocycles. The second kappa shape index (κ2) is 53.5. The summed E-state index contributed by atoms with van der Waals surface area (Å²) in [6.07, 6.45) is 10.2. The van der Waals surface area contributed by atoms with Gasteiger partial charge in [0.25, 0.3) is 0 Å². The van der Waals surface area contributed by atoms with Crippen molar-refractivity contribution < 1.29 is 117 Å². The number of ether oxygens (including phenoxy) is 4. The minimum Gasteiger partial charge on any atom is -0.850 e. The van der Waals surface area contributed by atoms with Crippen molar-refractivity contribution in [2.24, 2.45) is 0 Å². The topological polar surface area (TPSA) is 129 Å². The zero-order valence-electron chi connectivity index (χ0n) is 35.4. The second-order valence-corrected chi connectivity index (χ2v) is 13.7. The molecule has 4 fully saturated rings. The molecule has 4 rings (SSSR count). The quantitative estimate of drug-likeness (QED) is 0.229. The standard InChI is InChI=1S/4C4H8O.4C4H9O.4CH3.4Zn/c4*1-2-4-5-3-1;4*1-4(2,3)5;;;;;;;;/h4*1-4H2;4*1-3H3;4*1H3;;;;/q;;;;8*-1;4*+2. The van der Waals surface area contributed by atoms with Crippen LogP contribution in [0.1, 0.15) is 134 Å². The second-order valence-electron chi connectivity index (χ2n) is 13.7. The van der Waals surface area contributed by atoms with E-state index in [4.69, 9.17) is 18.9 Å². The van der Waals surface area contributed by atoms with Gasteiger partial charge in [-0.05, 0) is 51.4 Å². The zero-order chi connectivity index (χ0) is 32.1. The van der Waals surface area contributed by atoms with E-state index in [1.807, 2.05) is 0 Å². The van der Waals surface area contributed by atoms with E-state index in [1.165, 1.54) is 51.4 Å². The summed E-state index contributed by atoms with van der Waals surface area (Å²) in [7, 11) is 0. The third-order valence-corrected chi connectivity index (χ3v) is 3.31. The molecule has 0 N–H and O–H groups in total. The zero-order valence-corrected chi connectivity index (χ0v) is 47.3. The van der Waals surface area contributed by atoms with Crippen molar-refractivity contribution in [2.75, 3.05) is 52.9 Å². The number of hydrogen-bond donors (Lipinski definition) is 0. The summed E-state index contributed by atoms with van der Waals surface area (Å²) in [5, 5.41) is 40.4. The summed E-state index contributed by atoms with van der Waals surface area (Å²) in [5.41, 5.74) is -3.00. The molecule has 0 aromatic heterocycles. The van der Waals surface area contributed by atoms with Crippen molar-refractivity contribution in [1.29, 1.82) is 0 Å². The molecular formula is C36H80O8Zn4. The molecule has 0 unspecified atom stereocenters. The summed E-state index contributed by atoms with van der Waals surface area (Å²) >= 11 is 0. The van der Waals surface area contributed by atoms with Crippen LogP contribution in [0, 0.1) is 29.7 Å². The van der Waals surface area contributed by atoms with E-state index in [-0.39, 0.29) is 108 Å². The van der Waals surface area contributed by atoms with Crippen molar-refractivity contribution in [3.63, 3.8) is 0 Å². The Kier molecular flexibility index (Phi) is 92.8. The Morgan fingerprint density at radius 2 is 0.333 bits per heavy atom. The average molecular weight is 903 g/mol. The van der Waals surface area contributed by atoms with Crippen LogP contribution in [0.3, 0.4) is 0 Å². The van der Waals surface area contributed by atoms with Crippen molar-refractivity contribution in [2.45, 2.75) is 157 Å². The van der Waals surface area contributed by atoms with Gasteiger partial charge in [0, 0.05) is 52.9 Å². The average Bonchev–Trinajstić information content (AvgIpc) is 3.59. The molecule has 0 aromatic rings. The Morgan fingerprint density at radius 3 is 0.354 bits per heavy atom. The summed E-state index contributed by atoms with van der Waals surface area (Å²) in [5.74, 6) is 0. The summed E-state index contributed by atoms with van der Waals surface area (Å²) in [6, 6.07) is 0. The first-order chi connectivity index (χ1) is 18.0. The van der Waals surface area contributed by atoms with Crippen molar-refractivity contribution in [3.8, 4) is 0 Å². The van der Waals surface area contributed by atoms with Gasteiger partial charge in [0.2, 0.25) is 0 Å². The van der Waals surface area contributed by atoms with Crippen LogP contribution in [-0.4, -0.2) is 75.3 Å². The Morgan fingerprint density at radius 1 is 0.271 bits per heavy atom. The number of hydrogen-bond acceptors (Lipinski definition) is 8. The largest absolute Gasteiger partial charge is 2.00 e. The summed E-state index contributed by atoms with van der Waals surface area (Å²) < 4.78 is 19.8. The van der Waals surface area contributed by atoms with E-state index in [1.54, 1.807) is 83.1 Å². The fourth-order valence-electron chi connectivity index (χ4n) is 2.04. The maximum Gasteiger partial charge on any atom is 2.00 e. The first-order valence-corrected chi connectivity index (χ1v) is 15.1. The molecule has 0 bridgehead atoms. The predicted molar refractivity (Wildman–Crippen MR) is 185 cm³/mol. The van der Waals surface area contributed by atoms with Crippen LogP contribution >= 0.6 is 0 Å². The molecule has 280 valence electrons. The minimum atomic E-state index is -0.750. The van der Waals surface area contributed by atoms with Crippen LogP contribution in [0.2, 0.25) is 0 Å². The Bertz CT molecular complexity index is 334. The fourth-order valence-corrected chi connectivity index (χ4v) is 2.04. The fraction of sp³-hybridized carbons (Fsp3) is 0.889. The van der Waals surface area contributed by atoms with Gasteiger partial charge in [-0.25, -0.2) is 0 Å². The van der Waals surface area contributed by atoms with Crippen molar-refractivity contribution in [3.05, 3.63) is 29.7 Å². The molecule has 4 heterocycles. The third kappa shape index (κ3) is 218. The van der Waals surface area contributed by atoms with Gasteiger partial charge in [0.15, 0.2) is 0 Å². The number of rotatable bonds is 0. The van der Waals surface area contributed by atoms with E-state index in [9.17, 15) is 20.4 Å². The SMILES string of the molecule is C1CCOC1.C1CCOC1.C1CCOC1.C1CCOC1.CC(C)(C)[O-].CC(C)(C)[O-].CC(C)(C)[O-].CC(C)(C)[O-].[CH3-].[CH3-].[CH3-].[CH3-].[Zn+2].[Zn+2].[Zn+2].[Zn+2]. The van der Waals surface area contributed by atoms with E-state index in [2.05, 4.69) is 0 Å². The summed E-state index contributed by atoms with van der Waals surface area (Å²) in [6.45, 7) is 27.6. The van der Waals surface area contributed by atoms with Gasteiger partial charge in [-0.3, -0.25) is 0 Å². The van der Waals surface area contributed by atoms with Gasteiger partial charge >= 0.3 is 77.9 Å². The Labute approximate surface area is 354 Å². The van der Waals surface area contributed by atoms with Crippen LogP contribution in [0.25, 0.3) is 0 Å². The van der Waals surface area contributed by atoms with Crippen LogP contribution in [0.4, 0.5) is 0 Å². The molecule has 0 atom stereocenters. The molecule has 4 saturated heterocycles. The maximum atomic E-state index is 10.1. The van der Waals surface area contributed by atoms with Crippen LogP contribution in [0.5, 0.6) is 0 Å². The van der Waals surface area contributed by atoms with Gasteiger partial charge in [0.05, 0.1) is 0 Å². The third-order valence-electron chi connectivity index (χ3n) is 3.31. The molecule has 8 nitrogen and oxygen atoms in total. The van der Waals surface area contributed by atoms with Gasteiger partial charge in [-0.1, -0.05) is 83.1 Å². The first kappa shape index (κ1) is 83.3. The normalized spacial score (nSPS) is 15.0. The van der Waals surface area contributed by atoms with Crippen molar-refractivity contribution in [1.82, 2.24) is 0 Å². The predicted octanol–water partition coefficient (Wildman–Crippen LogP) is 5.56. The molecule has 0 aliphatic carbocycles. The van der Waals surface area contributed by atoms with Gasteiger partial charge < -0.3 is 69.1 Å². The Balaban J connectivity index is -0.0000000301. The van der Waals surface area contributed by atoms with Crippen LogP contribution in [0.15, 0.2) is 0 Å². The molecule has 4 aliphatic rings. The van der Waals surface area contributed by atoms with E-state index >= 15 is 0 Å². The van der Waals surface area contributed by atoms with Crippen LogP contribution in [-0.2, 0) is 96.9 Å². The first-order valence-electron chi connectivity index (χ1n) is 15.1. The van der Waals surface area contributed by atoms with Crippen LogP contribution < -0.4 is 20.4 Å². The molecule has 0 aromatic carbocycles. The molecular weight excluding hydrogens is 822 g/mol. The molecule has 0 radical (unpaired) electrons. The molecule has 12 heteroatoms. The van der Waals surface area contributed by atoms with Crippen molar-refractivity contribution >= 4 is 0 Å². The summed E-state index contributed by atoms with van der Waals surface area (Å²) in [4.78, 5) is 0. The van der Waals surface area contributed by atoms with Gasteiger partial charge in [-0.15, -0.1) is 22.4 Å². The van der Waals surface area contributed by atoms with Gasteiger partial charge in [0.1, 0.15) is 0 Å². The Hall–Kier alpha value is 2.17. The minimum absolute atomic E-state index is 0. The van der Waals surface area contributed by atoms with E-state index in [0.717, 1.165) is 52.9 Å². The maximum absolute atomic E-state index is 10.1. The molecule has 0 saturated carbocycles.